The Kier molecular flexibility index (Phi) is 5.22. The lowest BCUT2D eigenvalue weighted by Gasteiger charge is -2.19. The van der Waals surface area contributed by atoms with Gasteiger partial charge in [-0.2, -0.15) is 0 Å². The van der Waals surface area contributed by atoms with Gasteiger partial charge in [0.2, 0.25) is 0 Å². The molecule has 1 saturated heterocycles. The minimum Gasteiger partial charge on any atom is -0.478 e. The number of nitrogens with zero attached hydrogens (tertiary/aromatic N) is 1. The number of hydrogen-bond donors (Lipinski definition) is 1. The molecule has 0 radical (unpaired) electrons. The van der Waals surface area contributed by atoms with E-state index in [4.69, 9.17) is 26.2 Å². The van der Waals surface area contributed by atoms with E-state index in [1.54, 1.807) is 20.3 Å². The molecule has 0 aliphatic carbocycles. The number of carbonyl (C=O) groups is 1. The molecule has 1 fully saturated rings. The quantitative estimate of drug-likeness (QED) is 0.846. The van der Waals surface area contributed by atoms with E-state index < -0.39 is 5.97 Å². The number of methoxy groups -OCH3 is 2. The first-order valence-electron chi connectivity index (χ1n) is 6.56. The number of ether oxygens (including phenoxy) is 2. The summed E-state index contributed by atoms with van der Waals surface area (Å²) in [5.41, 5.74) is 1.64. The summed E-state index contributed by atoms with van der Waals surface area (Å²) in [6, 6.07) is 5.47. The van der Waals surface area contributed by atoms with Crippen LogP contribution >= 0.6 is 11.6 Å². The van der Waals surface area contributed by atoms with Gasteiger partial charge >= 0.3 is 5.97 Å². The van der Waals surface area contributed by atoms with Gasteiger partial charge < -0.3 is 19.5 Å². The third-order valence-electron chi connectivity index (χ3n) is 3.55. The molecule has 2 rings (SSSR count). The van der Waals surface area contributed by atoms with Crippen LogP contribution in [0, 0.1) is 0 Å². The summed E-state index contributed by atoms with van der Waals surface area (Å²) in [5.74, 6) is -0.986. The van der Waals surface area contributed by atoms with Crippen LogP contribution in [0.4, 0.5) is 5.69 Å². The Hall–Kier alpha value is -1.56. The standard InChI is InChI=1S/C15H18ClNO4/c1-20-13-8-17(9-14(13)21-2)12-5-3-10(7-11(12)16)4-6-15(18)19/h3-7,13-14H,8-9H2,1-2H3,(H,18,19)/b6-4+. The van der Waals surface area contributed by atoms with E-state index in [9.17, 15) is 4.79 Å². The van der Waals surface area contributed by atoms with Crippen molar-refractivity contribution in [3.05, 3.63) is 34.9 Å². The average Bonchev–Trinajstić information content (AvgIpc) is 2.88. The summed E-state index contributed by atoms with van der Waals surface area (Å²) in [5, 5.41) is 9.21. The normalized spacial score (nSPS) is 22.1. The van der Waals surface area contributed by atoms with Crippen molar-refractivity contribution in [3.8, 4) is 0 Å². The van der Waals surface area contributed by atoms with Crippen LogP contribution in [0.15, 0.2) is 24.3 Å². The highest BCUT2D eigenvalue weighted by Crippen LogP contribution is 2.31. The second-order valence-electron chi connectivity index (χ2n) is 4.84. The zero-order chi connectivity index (χ0) is 15.4. The van der Waals surface area contributed by atoms with Gasteiger partial charge in [-0.25, -0.2) is 4.79 Å². The van der Waals surface area contributed by atoms with Crippen LogP contribution in [0.1, 0.15) is 5.56 Å². The van der Waals surface area contributed by atoms with Crippen LogP contribution in [-0.2, 0) is 14.3 Å². The lowest BCUT2D eigenvalue weighted by Crippen LogP contribution is -2.27. The SMILES string of the molecule is COC1CN(c2ccc(/C=C/C(=O)O)cc2Cl)CC1OC. The molecule has 5 nitrogen and oxygen atoms in total. The van der Waals surface area contributed by atoms with E-state index >= 15 is 0 Å². The summed E-state index contributed by atoms with van der Waals surface area (Å²) in [4.78, 5) is 12.6. The van der Waals surface area contributed by atoms with Gasteiger partial charge in [0, 0.05) is 33.4 Å². The molecule has 0 bridgehead atoms. The van der Waals surface area contributed by atoms with Crippen LogP contribution in [-0.4, -0.2) is 50.6 Å². The molecule has 2 atom stereocenters. The summed E-state index contributed by atoms with van der Waals surface area (Å²) >= 11 is 6.30. The van der Waals surface area contributed by atoms with Crippen molar-refractivity contribution in [2.75, 3.05) is 32.2 Å². The Labute approximate surface area is 128 Å². The molecular formula is C15H18ClNO4. The highest BCUT2D eigenvalue weighted by Gasteiger charge is 2.33. The minimum atomic E-state index is -0.986. The zero-order valence-corrected chi connectivity index (χ0v) is 12.7. The predicted octanol–water partition coefficient (Wildman–Crippen LogP) is 2.29. The first-order chi connectivity index (χ1) is 10.0. The van der Waals surface area contributed by atoms with Gasteiger partial charge in [-0.05, 0) is 23.8 Å². The van der Waals surface area contributed by atoms with Crippen molar-refractivity contribution in [3.63, 3.8) is 0 Å². The number of aliphatic carboxylic acids is 1. The maximum absolute atomic E-state index is 10.5. The molecule has 21 heavy (non-hydrogen) atoms. The number of halogens is 1. The summed E-state index contributed by atoms with van der Waals surface area (Å²) < 4.78 is 10.8. The third-order valence-corrected chi connectivity index (χ3v) is 3.85. The van der Waals surface area contributed by atoms with Gasteiger partial charge in [0.15, 0.2) is 0 Å². The van der Waals surface area contributed by atoms with E-state index in [-0.39, 0.29) is 12.2 Å². The Morgan fingerprint density at radius 3 is 2.43 bits per heavy atom. The van der Waals surface area contributed by atoms with Gasteiger partial charge in [-0.3, -0.25) is 0 Å². The molecule has 1 aliphatic heterocycles. The second kappa shape index (κ2) is 6.93. The molecule has 0 saturated carbocycles. The number of carboxylic acid groups (broad SMARTS) is 1. The molecular weight excluding hydrogens is 294 g/mol. The van der Waals surface area contributed by atoms with Gasteiger partial charge in [0.25, 0.3) is 0 Å². The van der Waals surface area contributed by atoms with E-state index in [2.05, 4.69) is 4.90 Å². The van der Waals surface area contributed by atoms with E-state index in [0.29, 0.717) is 18.1 Å². The molecule has 1 aliphatic rings. The average molecular weight is 312 g/mol. The molecule has 1 N–H and O–H groups in total. The van der Waals surface area contributed by atoms with Crippen LogP contribution in [0.25, 0.3) is 6.08 Å². The van der Waals surface area contributed by atoms with E-state index in [0.717, 1.165) is 17.3 Å². The summed E-state index contributed by atoms with van der Waals surface area (Å²) in [6.45, 7) is 1.41. The fraction of sp³-hybridized carbons (Fsp3) is 0.400. The Bertz CT molecular complexity index is 534. The number of anilines is 1. The monoisotopic (exact) mass is 311 g/mol. The van der Waals surface area contributed by atoms with Crippen molar-refractivity contribution in [2.45, 2.75) is 12.2 Å². The van der Waals surface area contributed by atoms with Crippen LogP contribution in [0.5, 0.6) is 0 Å². The fourth-order valence-corrected chi connectivity index (χ4v) is 2.75. The molecule has 0 spiro atoms. The number of hydrogen-bond acceptors (Lipinski definition) is 4. The number of carboxylic acids is 1. The van der Waals surface area contributed by atoms with Crippen LogP contribution in [0.2, 0.25) is 5.02 Å². The topological polar surface area (TPSA) is 59.0 Å². The Morgan fingerprint density at radius 2 is 1.95 bits per heavy atom. The number of rotatable bonds is 5. The molecule has 1 heterocycles. The fourth-order valence-electron chi connectivity index (χ4n) is 2.44. The van der Waals surface area contributed by atoms with Gasteiger partial charge in [0.05, 0.1) is 10.7 Å². The predicted molar refractivity (Wildman–Crippen MR) is 81.9 cm³/mol. The number of benzene rings is 1. The molecule has 0 amide bonds. The zero-order valence-electron chi connectivity index (χ0n) is 12.0. The van der Waals surface area contributed by atoms with Crippen molar-refractivity contribution < 1.29 is 19.4 Å². The lowest BCUT2D eigenvalue weighted by atomic mass is 10.2. The molecule has 0 aromatic heterocycles. The first-order valence-corrected chi connectivity index (χ1v) is 6.94. The highest BCUT2D eigenvalue weighted by atomic mass is 35.5. The molecule has 114 valence electrons. The summed E-state index contributed by atoms with van der Waals surface area (Å²) in [6.07, 6.45) is 2.62. The van der Waals surface area contributed by atoms with E-state index in [1.807, 2.05) is 12.1 Å². The third kappa shape index (κ3) is 3.75. The van der Waals surface area contributed by atoms with Gasteiger partial charge in [-0.15, -0.1) is 0 Å². The molecule has 1 aromatic rings. The lowest BCUT2D eigenvalue weighted by molar-refractivity contribution is -0.131. The minimum absolute atomic E-state index is 0.0117. The van der Waals surface area contributed by atoms with Crippen LogP contribution < -0.4 is 4.90 Å². The highest BCUT2D eigenvalue weighted by molar-refractivity contribution is 6.33. The molecule has 6 heteroatoms. The first kappa shape index (κ1) is 15.8. The van der Waals surface area contributed by atoms with E-state index in [1.165, 1.54) is 6.08 Å². The van der Waals surface area contributed by atoms with Gasteiger partial charge in [0.1, 0.15) is 12.2 Å². The Morgan fingerprint density at radius 1 is 1.33 bits per heavy atom. The maximum atomic E-state index is 10.5. The van der Waals surface area contributed by atoms with Crippen molar-refractivity contribution in [1.29, 1.82) is 0 Å². The second-order valence-corrected chi connectivity index (χ2v) is 5.24. The largest absolute Gasteiger partial charge is 0.478 e. The summed E-state index contributed by atoms with van der Waals surface area (Å²) in [7, 11) is 3.34. The van der Waals surface area contributed by atoms with Crippen molar-refractivity contribution >= 4 is 29.3 Å². The smallest absolute Gasteiger partial charge is 0.328 e. The molecule has 2 unspecified atom stereocenters. The molecule has 1 aromatic carbocycles. The van der Waals surface area contributed by atoms with Crippen LogP contribution in [0.3, 0.4) is 0 Å². The van der Waals surface area contributed by atoms with Gasteiger partial charge in [-0.1, -0.05) is 17.7 Å². The maximum Gasteiger partial charge on any atom is 0.328 e. The van der Waals surface area contributed by atoms with Crippen molar-refractivity contribution in [1.82, 2.24) is 0 Å². The Balaban J connectivity index is 2.16. The van der Waals surface area contributed by atoms with Crippen molar-refractivity contribution in [2.24, 2.45) is 0 Å².